The Kier molecular flexibility index (Phi) is 3.37. The number of anilines is 1. The molecular formula is C16H20N2O3. The molecule has 0 spiro atoms. The van der Waals surface area contributed by atoms with E-state index < -0.39 is 5.60 Å². The largest absolute Gasteiger partial charge is 0.454 e. The fourth-order valence-corrected chi connectivity index (χ4v) is 2.60. The van der Waals surface area contributed by atoms with Gasteiger partial charge in [-0.3, -0.25) is 0 Å². The molecule has 3 rings (SSSR count). The quantitative estimate of drug-likeness (QED) is 0.937. The van der Waals surface area contributed by atoms with Crippen molar-refractivity contribution in [3.8, 4) is 11.5 Å². The van der Waals surface area contributed by atoms with Crippen LogP contribution in [0, 0.1) is 0 Å². The highest BCUT2D eigenvalue weighted by Gasteiger charge is 2.22. The van der Waals surface area contributed by atoms with E-state index in [4.69, 9.17) is 9.47 Å². The van der Waals surface area contributed by atoms with Crippen molar-refractivity contribution in [2.75, 3.05) is 24.8 Å². The van der Waals surface area contributed by atoms with Gasteiger partial charge in [0.25, 0.3) is 0 Å². The number of hydrogen-bond donors (Lipinski definition) is 1. The van der Waals surface area contributed by atoms with Crippen LogP contribution in [0.1, 0.15) is 20.8 Å². The summed E-state index contributed by atoms with van der Waals surface area (Å²) in [5, 5.41) is 12.2. The molecule has 1 N–H and O–H groups in total. The Bertz CT molecular complexity index is 664. The molecule has 0 saturated carbocycles. The minimum absolute atomic E-state index is 0.260. The van der Waals surface area contributed by atoms with Gasteiger partial charge in [0.1, 0.15) is 5.82 Å². The lowest BCUT2D eigenvalue weighted by Crippen LogP contribution is -2.39. The number of likely N-dealkylation sites (N-methyl/N-ethyl adjacent to an activating group) is 1. The highest BCUT2D eigenvalue weighted by atomic mass is 16.7. The zero-order chi connectivity index (χ0) is 15.0. The maximum absolute atomic E-state index is 10.1. The van der Waals surface area contributed by atoms with Crippen molar-refractivity contribution in [1.82, 2.24) is 4.98 Å². The Balaban J connectivity index is 2.09. The third kappa shape index (κ3) is 2.74. The molecule has 21 heavy (non-hydrogen) atoms. The molecule has 0 bridgehead atoms. The molecule has 1 aromatic heterocycles. The third-order valence-electron chi connectivity index (χ3n) is 3.50. The van der Waals surface area contributed by atoms with Gasteiger partial charge in [-0.1, -0.05) is 0 Å². The van der Waals surface area contributed by atoms with Gasteiger partial charge in [0.15, 0.2) is 11.5 Å². The van der Waals surface area contributed by atoms with E-state index in [0.717, 1.165) is 34.6 Å². The Labute approximate surface area is 124 Å². The maximum atomic E-state index is 10.1. The Morgan fingerprint density at radius 3 is 2.67 bits per heavy atom. The van der Waals surface area contributed by atoms with Crippen molar-refractivity contribution in [1.29, 1.82) is 0 Å². The standard InChI is InChI=1S/C16H20N2O3/c1-4-18(9-16(2,3)19)15-12-8-14-13(20-10-21-14)7-11(12)5-6-17-15/h5-8,19H,4,9-10H2,1-3H3. The topological polar surface area (TPSA) is 54.8 Å². The molecule has 0 amide bonds. The lowest BCUT2D eigenvalue weighted by molar-refractivity contribution is 0.0875. The van der Waals surface area contributed by atoms with Gasteiger partial charge in [-0.2, -0.15) is 0 Å². The van der Waals surface area contributed by atoms with Gasteiger partial charge in [0, 0.05) is 24.7 Å². The highest BCUT2D eigenvalue weighted by Crippen LogP contribution is 2.38. The van der Waals surface area contributed by atoms with Crippen molar-refractivity contribution >= 4 is 16.6 Å². The van der Waals surface area contributed by atoms with E-state index in [1.54, 1.807) is 20.0 Å². The molecule has 0 atom stereocenters. The van der Waals surface area contributed by atoms with Gasteiger partial charge in [-0.05, 0) is 44.4 Å². The lowest BCUT2D eigenvalue weighted by Gasteiger charge is -2.29. The summed E-state index contributed by atoms with van der Waals surface area (Å²) in [6, 6.07) is 5.90. The molecule has 1 aliphatic rings. The second-order valence-corrected chi connectivity index (χ2v) is 5.89. The van der Waals surface area contributed by atoms with Crippen molar-refractivity contribution in [2.45, 2.75) is 26.4 Å². The van der Waals surface area contributed by atoms with Crippen molar-refractivity contribution in [2.24, 2.45) is 0 Å². The van der Waals surface area contributed by atoms with Crippen LogP contribution in [0.2, 0.25) is 0 Å². The van der Waals surface area contributed by atoms with Crippen LogP contribution < -0.4 is 14.4 Å². The van der Waals surface area contributed by atoms with Crippen LogP contribution >= 0.6 is 0 Å². The average Bonchev–Trinajstić information content (AvgIpc) is 2.88. The van der Waals surface area contributed by atoms with E-state index in [1.807, 2.05) is 18.2 Å². The molecule has 2 aromatic rings. The highest BCUT2D eigenvalue weighted by molar-refractivity contribution is 5.94. The van der Waals surface area contributed by atoms with Crippen LogP contribution in [0.15, 0.2) is 24.4 Å². The SMILES string of the molecule is CCN(CC(C)(C)O)c1nccc2cc3c(cc12)OCO3. The van der Waals surface area contributed by atoms with E-state index in [2.05, 4.69) is 16.8 Å². The van der Waals surface area contributed by atoms with Crippen LogP contribution in [0.5, 0.6) is 11.5 Å². The second kappa shape index (κ2) is 5.07. The normalized spacial score (nSPS) is 13.7. The fraction of sp³-hybridized carbons (Fsp3) is 0.438. The summed E-state index contributed by atoms with van der Waals surface area (Å²) < 4.78 is 10.9. The summed E-state index contributed by atoms with van der Waals surface area (Å²) in [6.45, 7) is 7.20. The van der Waals surface area contributed by atoms with Gasteiger partial charge < -0.3 is 19.5 Å². The number of ether oxygens (including phenoxy) is 2. The summed E-state index contributed by atoms with van der Waals surface area (Å²) in [5.74, 6) is 2.37. The Morgan fingerprint density at radius 2 is 2.00 bits per heavy atom. The number of aromatic nitrogens is 1. The zero-order valence-corrected chi connectivity index (χ0v) is 12.6. The van der Waals surface area contributed by atoms with Crippen molar-refractivity contribution in [3.05, 3.63) is 24.4 Å². The molecule has 0 unspecified atom stereocenters. The molecule has 0 radical (unpaired) electrons. The molecule has 1 aliphatic heterocycles. The molecule has 1 aromatic carbocycles. The van der Waals surface area contributed by atoms with E-state index in [1.165, 1.54) is 0 Å². The molecule has 112 valence electrons. The minimum atomic E-state index is -0.782. The number of nitrogens with zero attached hydrogens (tertiary/aromatic N) is 2. The first-order valence-electron chi connectivity index (χ1n) is 7.13. The van der Waals surface area contributed by atoms with E-state index in [9.17, 15) is 5.11 Å². The predicted octanol–water partition coefficient (Wildman–Crippen LogP) is 2.56. The van der Waals surface area contributed by atoms with Gasteiger partial charge in [-0.25, -0.2) is 4.98 Å². The van der Waals surface area contributed by atoms with Gasteiger partial charge in [0.2, 0.25) is 6.79 Å². The lowest BCUT2D eigenvalue weighted by atomic mass is 10.1. The minimum Gasteiger partial charge on any atom is -0.454 e. The van der Waals surface area contributed by atoms with Gasteiger partial charge >= 0.3 is 0 Å². The summed E-state index contributed by atoms with van der Waals surface area (Å²) in [5.41, 5.74) is -0.782. The van der Waals surface area contributed by atoms with E-state index in [0.29, 0.717) is 6.54 Å². The summed E-state index contributed by atoms with van der Waals surface area (Å²) in [6.07, 6.45) is 1.78. The summed E-state index contributed by atoms with van der Waals surface area (Å²) in [7, 11) is 0. The van der Waals surface area contributed by atoms with Crippen LogP contribution in [0.25, 0.3) is 10.8 Å². The van der Waals surface area contributed by atoms with Gasteiger partial charge in [-0.15, -0.1) is 0 Å². The zero-order valence-electron chi connectivity index (χ0n) is 12.6. The monoisotopic (exact) mass is 288 g/mol. The van der Waals surface area contributed by atoms with Crippen LogP contribution in [0.3, 0.4) is 0 Å². The Hall–Kier alpha value is -2.01. The molecule has 0 saturated heterocycles. The maximum Gasteiger partial charge on any atom is 0.231 e. The summed E-state index contributed by atoms with van der Waals surface area (Å²) >= 11 is 0. The summed E-state index contributed by atoms with van der Waals surface area (Å²) in [4.78, 5) is 6.58. The van der Waals surface area contributed by atoms with E-state index in [-0.39, 0.29) is 6.79 Å². The molecule has 0 aliphatic carbocycles. The van der Waals surface area contributed by atoms with Crippen LogP contribution in [0.4, 0.5) is 5.82 Å². The van der Waals surface area contributed by atoms with Gasteiger partial charge in [0.05, 0.1) is 5.60 Å². The number of hydrogen-bond acceptors (Lipinski definition) is 5. The number of aliphatic hydroxyl groups is 1. The Morgan fingerprint density at radius 1 is 1.29 bits per heavy atom. The van der Waals surface area contributed by atoms with Crippen LogP contribution in [-0.4, -0.2) is 35.6 Å². The molecule has 5 heteroatoms. The molecule has 2 heterocycles. The molecular weight excluding hydrogens is 268 g/mol. The third-order valence-corrected chi connectivity index (χ3v) is 3.50. The smallest absolute Gasteiger partial charge is 0.231 e. The first-order chi connectivity index (χ1) is 9.98. The fourth-order valence-electron chi connectivity index (χ4n) is 2.60. The van der Waals surface area contributed by atoms with Crippen LogP contribution in [-0.2, 0) is 0 Å². The number of pyridine rings is 1. The molecule has 5 nitrogen and oxygen atoms in total. The average molecular weight is 288 g/mol. The van der Waals surface area contributed by atoms with Crippen molar-refractivity contribution in [3.63, 3.8) is 0 Å². The number of fused-ring (bicyclic) bond motifs is 2. The predicted molar refractivity (Wildman–Crippen MR) is 82.1 cm³/mol. The molecule has 0 fully saturated rings. The first kappa shape index (κ1) is 13.9. The van der Waals surface area contributed by atoms with E-state index >= 15 is 0 Å². The van der Waals surface area contributed by atoms with Crippen molar-refractivity contribution < 1.29 is 14.6 Å². The second-order valence-electron chi connectivity index (χ2n) is 5.89. The first-order valence-corrected chi connectivity index (χ1v) is 7.13. The number of rotatable bonds is 4. The number of benzene rings is 1.